The lowest BCUT2D eigenvalue weighted by Gasteiger charge is -2.05. The van der Waals surface area contributed by atoms with E-state index in [4.69, 9.17) is 0 Å². The van der Waals surface area contributed by atoms with E-state index in [1.807, 2.05) is 0 Å². The van der Waals surface area contributed by atoms with Crippen LogP contribution in [0.4, 0.5) is 0 Å². The molecule has 2 heterocycles. The van der Waals surface area contributed by atoms with Crippen molar-refractivity contribution in [3.05, 3.63) is 6.33 Å². The summed E-state index contributed by atoms with van der Waals surface area (Å²) in [4.78, 5) is 1.62. The van der Waals surface area contributed by atoms with Crippen molar-refractivity contribution in [3.63, 3.8) is 0 Å². The summed E-state index contributed by atoms with van der Waals surface area (Å²) in [6.07, 6.45) is 4.05. The Morgan fingerprint density at radius 1 is 1.60 bits per heavy atom. The Morgan fingerprint density at radius 2 is 2.60 bits per heavy atom. The van der Waals surface area contributed by atoms with Gasteiger partial charge in [-0.3, -0.25) is 5.32 Å². The minimum Gasteiger partial charge on any atom is -0.294 e. The van der Waals surface area contributed by atoms with Gasteiger partial charge in [0.15, 0.2) is 6.33 Å². The third-order valence-corrected chi connectivity index (χ3v) is 1.68. The quantitative estimate of drug-likeness (QED) is 0.572. The number of hydrogen-bond acceptors (Lipinski definition) is 4. The third kappa shape index (κ3) is 0.881. The van der Waals surface area contributed by atoms with E-state index in [1.165, 1.54) is 12.7 Å². The molecule has 1 aliphatic rings. The van der Waals surface area contributed by atoms with Gasteiger partial charge in [-0.1, -0.05) is 0 Å². The number of nitrogens with one attached hydrogen (secondary N) is 1. The minimum absolute atomic E-state index is 0.280. The summed E-state index contributed by atoms with van der Waals surface area (Å²) in [5.41, 5.74) is 0. The summed E-state index contributed by atoms with van der Waals surface area (Å²) in [7, 11) is 0. The molecule has 0 saturated carbocycles. The summed E-state index contributed by atoms with van der Waals surface area (Å²) in [5.74, 6) is 0. The second kappa shape index (κ2) is 2.34. The van der Waals surface area contributed by atoms with Crippen molar-refractivity contribution in [1.29, 1.82) is 0 Å². The summed E-state index contributed by atoms with van der Waals surface area (Å²) in [6, 6.07) is 0. The molecule has 1 saturated heterocycles. The topological polar surface area (TPSA) is 55.6 Å². The maximum atomic E-state index is 3.93. The summed E-state index contributed by atoms with van der Waals surface area (Å²) >= 11 is 0. The lowest BCUT2D eigenvalue weighted by molar-refractivity contribution is 0.370. The molecule has 1 aromatic rings. The first-order valence-electron chi connectivity index (χ1n) is 3.43. The molecule has 0 radical (unpaired) electrons. The fourth-order valence-corrected chi connectivity index (χ4v) is 1.18. The average Bonchev–Trinajstić information content (AvgIpc) is 2.59. The number of nitrogens with zero attached hydrogens (tertiary/aromatic N) is 4. The number of tetrazole rings is 1. The van der Waals surface area contributed by atoms with E-state index in [0.29, 0.717) is 0 Å². The summed E-state index contributed by atoms with van der Waals surface area (Å²) in [6.45, 7) is 1.06. The van der Waals surface area contributed by atoms with Crippen molar-refractivity contribution in [2.75, 3.05) is 6.54 Å². The molecule has 0 bridgehead atoms. The second-order valence-corrected chi connectivity index (χ2v) is 2.37. The maximum absolute atomic E-state index is 3.93. The predicted molar refractivity (Wildman–Crippen MR) is 34.1 cm³/mol. The van der Waals surface area contributed by atoms with Crippen LogP contribution in [0.1, 0.15) is 19.0 Å². The second-order valence-electron chi connectivity index (χ2n) is 2.37. The van der Waals surface area contributed by atoms with E-state index in [2.05, 4.69) is 20.7 Å². The molecule has 5 heteroatoms. The van der Waals surface area contributed by atoms with Gasteiger partial charge in [0, 0.05) is 0 Å². The molecule has 0 aliphatic carbocycles. The highest BCUT2D eigenvalue weighted by atomic mass is 15.6. The Labute approximate surface area is 58.4 Å². The Hall–Kier alpha value is -0.970. The van der Waals surface area contributed by atoms with E-state index in [1.54, 1.807) is 4.80 Å². The number of rotatable bonds is 1. The average molecular weight is 139 g/mol. The zero-order chi connectivity index (χ0) is 6.81. The van der Waals surface area contributed by atoms with Crippen molar-refractivity contribution in [2.45, 2.75) is 19.0 Å². The van der Waals surface area contributed by atoms with Crippen LogP contribution in [0.15, 0.2) is 6.33 Å². The minimum atomic E-state index is 0.280. The van der Waals surface area contributed by atoms with E-state index in [9.17, 15) is 0 Å². The van der Waals surface area contributed by atoms with Crippen molar-refractivity contribution in [3.8, 4) is 0 Å². The highest BCUT2D eigenvalue weighted by Crippen LogP contribution is 2.12. The fraction of sp³-hybridized carbons (Fsp3) is 0.800. The van der Waals surface area contributed by atoms with Crippen LogP contribution in [0.5, 0.6) is 0 Å². The molecule has 1 N–H and O–H groups in total. The van der Waals surface area contributed by atoms with Crippen molar-refractivity contribution < 1.29 is 0 Å². The SMILES string of the molecule is c1nnn(C2CCCN2)n1. The molecule has 1 aliphatic heterocycles. The van der Waals surface area contributed by atoms with Gasteiger partial charge in [0.2, 0.25) is 0 Å². The van der Waals surface area contributed by atoms with Crippen LogP contribution in [0.25, 0.3) is 0 Å². The molecule has 0 aromatic carbocycles. The smallest absolute Gasteiger partial charge is 0.162 e. The third-order valence-electron chi connectivity index (χ3n) is 1.68. The lowest BCUT2D eigenvalue weighted by atomic mass is 10.3. The molecule has 10 heavy (non-hydrogen) atoms. The van der Waals surface area contributed by atoms with Crippen LogP contribution in [0.2, 0.25) is 0 Å². The highest BCUT2D eigenvalue weighted by Gasteiger charge is 2.16. The Balaban J connectivity index is 2.12. The Kier molecular flexibility index (Phi) is 1.35. The first-order chi connectivity index (χ1) is 4.97. The van der Waals surface area contributed by atoms with E-state index in [-0.39, 0.29) is 6.17 Å². The maximum Gasteiger partial charge on any atom is 0.162 e. The van der Waals surface area contributed by atoms with Crippen LogP contribution in [0.3, 0.4) is 0 Å². The van der Waals surface area contributed by atoms with Crippen molar-refractivity contribution in [2.24, 2.45) is 0 Å². The molecular weight excluding hydrogens is 130 g/mol. The first kappa shape index (κ1) is 5.79. The van der Waals surface area contributed by atoms with Gasteiger partial charge < -0.3 is 0 Å². The molecule has 0 spiro atoms. The van der Waals surface area contributed by atoms with Crippen LogP contribution in [0, 0.1) is 0 Å². The molecule has 1 aromatic heterocycles. The first-order valence-corrected chi connectivity index (χ1v) is 3.43. The predicted octanol–water partition coefficient (Wildman–Crippen LogP) is -0.445. The van der Waals surface area contributed by atoms with Crippen molar-refractivity contribution in [1.82, 2.24) is 25.5 Å². The van der Waals surface area contributed by atoms with Crippen LogP contribution >= 0.6 is 0 Å². The van der Waals surface area contributed by atoms with Gasteiger partial charge in [-0.15, -0.1) is 15.0 Å². The largest absolute Gasteiger partial charge is 0.294 e. The molecular formula is C5H9N5. The van der Waals surface area contributed by atoms with Gasteiger partial charge in [0.25, 0.3) is 0 Å². The van der Waals surface area contributed by atoms with Crippen LogP contribution in [-0.4, -0.2) is 26.8 Å². The van der Waals surface area contributed by atoms with E-state index < -0.39 is 0 Å². The van der Waals surface area contributed by atoms with Gasteiger partial charge in [-0.25, -0.2) is 0 Å². The molecule has 1 atom stereocenters. The van der Waals surface area contributed by atoms with Gasteiger partial charge in [-0.05, 0) is 24.6 Å². The molecule has 5 nitrogen and oxygen atoms in total. The molecule has 1 fully saturated rings. The van der Waals surface area contributed by atoms with Gasteiger partial charge in [-0.2, -0.15) is 0 Å². The van der Waals surface area contributed by atoms with E-state index in [0.717, 1.165) is 13.0 Å². The molecule has 2 rings (SSSR count). The Bertz CT molecular complexity index is 188. The number of aromatic nitrogens is 4. The van der Waals surface area contributed by atoms with Crippen molar-refractivity contribution >= 4 is 0 Å². The molecule has 0 amide bonds. The molecule has 54 valence electrons. The van der Waals surface area contributed by atoms with Crippen LogP contribution < -0.4 is 5.32 Å². The lowest BCUT2D eigenvalue weighted by Crippen LogP contribution is -2.22. The van der Waals surface area contributed by atoms with E-state index >= 15 is 0 Å². The zero-order valence-electron chi connectivity index (χ0n) is 5.56. The monoisotopic (exact) mass is 139 g/mol. The standard InChI is InChI=1S/C5H9N5/c1-2-5(6-3-1)10-8-4-7-9-10/h4-6H,1-3H2. The zero-order valence-corrected chi connectivity index (χ0v) is 5.56. The normalized spacial score (nSPS) is 25.4. The fourth-order valence-electron chi connectivity index (χ4n) is 1.18. The summed E-state index contributed by atoms with van der Waals surface area (Å²) in [5, 5.41) is 14.6. The molecule has 1 unspecified atom stereocenters. The number of hydrogen-bond donors (Lipinski definition) is 1. The van der Waals surface area contributed by atoms with Gasteiger partial charge in [0.1, 0.15) is 6.17 Å². The van der Waals surface area contributed by atoms with Gasteiger partial charge >= 0.3 is 0 Å². The van der Waals surface area contributed by atoms with Gasteiger partial charge in [0.05, 0.1) is 0 Å². The highest BCUT2D eigenvalue weighted by molar-refractivity contribution is 4.67. The summed E-state index contributed by atoms with van der Waals surface area (Å²) < 4.78 is 0. The Morgan fingerprint density at radius 3 is 3.20 bits per heavy atom. The van der Waals surface area contributed by atoms with Crippen LogP contribution in [-0.2, 0) is 0 Å².